The lowest BCUT2D eigenvalue weighted by molar-refractivity contribution is 0.301. The SMILES string of the molecule is CCCCc1ccc(OCc2nnsc2Cl)cc1. The van der Waals surface area contributed by atoms with Crippen molar-refractivity contribution in [2.24, 2.45) is 0 Å². The van der Waals surface area contributed by atoms with Crippen molar-refractivity contribution in [3.05, 3.63) is 39.9 Å². The molecule has 0 aliphatic rings. The summed E-state index contributed by atoms with van der Waals surface area (Å²) in [5.74, 6) is 0.833. The predicted molar refractivity (Wildman–Crippen MR) is 74.3 cm³/mol. The highest BCUT2D eigenvalue weighted by atomic mass is 35.5. The number of halogens is 1. The third kappa shape index (κ3) is 3.68. The highest BCUT2D eigenvalue weighted by Crippen LogP contribution is 2.20. The highest BCUT2D eigenvalue weighted by Gasteiger charge is 2.05. The van der Waals surface area contributed by atoms with E-state index in [4.69, 9.17) is 16.3 Å². The van der Waals surface area contributed by atoms with Gasteiger partial charge in [-0.05, 0) is 30.5 Å². The predicted octanol–water partition coefficient (Wildman–Crippen LogP) is 4.11. The number of nitrogens with zero attached hydrogens (tertiary/aromatic N) is 2. The van der Waals surface area contributed by atoms with Crippen molar-refractivity contribution >= 4 is 23.1 Å². The largest absolute Gasteiger partial charge is 0.487 e. The Hall–Kier alpha value is -1.13. The molecule has 0 spiro atoms. The van der Waals surface area contributed by atoms with Crippen LogP contribution < -0.4 is 4.74 Å². The van der Waals surface area contributed by atoms with Gasteiger partial charge in [0, 0.05) is 11.5 Å². The molecule has 0 aliphatic carbocycles. The van der Waals surface area contributed by atoms with Gasteiger partial charge in [0.05, 0.1) is 0 Å². The average Bonchev–Trinajstić information content (AvgIpc) is 2.81. The molecule has 18 heavy (non-hydrogen) atoms. The fourth-order valence-corrected chi connectivity index (χ4v) is 2.17. The van der Waals surface area contributed by atoms with Crippen molar-refractivity contribution in [3.8, 4) is 5.75 Å². The molecule has 0 unspecified atom stereocenters. The summed E-state index contributed by atoms with van der Waals surface area (Å²) in [5.41, 5.74) is 2.04. The lowest BCUT2D eigenvalue weighted by Gasteiger charge is -2.05. The van der Waals surface area contributed by atoms with Crippen molar-refractivity contribution in [3.63, 3.8) is 0 Å². The summed E-state index contributed by atoms with van der Waals surface area (Å²) in [4.78, 5) is 0. The van der Waals surface area contributed by atoms with E-state index in [0.29, 0.717) is 16.6 Å². The van der Waals surface area contributed by atoms with E-state index in [-0.39, 0.29) is 0 Å². The Kier molecular flexibility index (Phi) is 4.96. The minimum atomic E-state index is 0.365. The number of hydrogen-bond donors (Lipinski definition) is 0. The van der Waals surface area contributed by atoms with Crippen molar-refractivity contribution in [1.82, 2.24) is 9.59 Å². The minimum absolute atomic E-state index is 0.365. The fourth-order valence-electron chi connectivity index (χ4n) is 1.57. The normalized spacial score (nSPS) is 10.6. The van der Waals surface area contributed by atoms with Crippen LogP contribution in [0.1, 0.15) is 31.0 Å². The van der Waals surface area contributed by atoms with Gasteiger partial charge < -0.3 is 4.74 Å². The first-order valence-corrected chi connectivity index (χ1v) is 7.13. The van der Waals surface area contributed by atoms with E-state index in [1.54, 1.807) is 0 Å². The number of ether oxygens (including phenoxy) is 1. The van der Waals surface area contributed by atoms with Crippen LogP contribution in [0.15, 0.2) is 24.3 Å². The van der Waals surface area contributed by atoms with Crippen LogP contribution in [-0.4, -0.2) is 9.59 Å². The second-order valence-electron chi connectivity index (χ2n) is 4.03. The van der Waals surface area contributed by atoms with Crippen molar-refractivity contribution in [2.75, 3.05) is 0 Å². The standard InChI is InChI=1S/C13H15ClN2OS/c1-2-3-4-10-5-7-11(8-6-10)17-9-12-13(14)18-16-15-12/h5-8H,2-4,9H2,1H3. The van der Waals surface area contributed by atoms with E-state index in [0.717, 1.165) is 12.2 Å². The molecular formula is C13H15ClN2OS. The van der Waals surface area contributed by atoms with Crippen LogP contribution in [0.3, 0.4) is 0 Å². The molecule has 2 aromatic rings. The summed E-state index contributed by atoms with van der Waals surface area (Å²) in [7, 11) is 0. The molecule has 0 aliphatic heterocycles. The molecule has 0 N–H and O–H groups in total. The lowest BCUT2D eigenvalue weighted by atomic mass is 10.1. The van der Waals surface area contributed by atoms with Gasteiger partial charge in [-0.1, -0.05) is 41.6 Å². The Labute approximate surface area is 116 Å². The first-order chi connectivity index (χ1) is 8.79. The van der Waals surface area contributed by atoms with Crippen LogP contribution in [0.2, 0.25) is 4.34 Å². The van der Waals surface area contributed by atoms with Crippen LogP contribution in [0.4, 0.5) is 0 Å². The maximum atomic E-state index is 5.90. The molecule has 1 aromatic carbocycles. The van der Waals surface area contributed by atoms with E-state index in [1.807, 2.05) is 12.1 Å². The van der Waals surface area contributed by atoms with E-state index >= 15 is 0 Å². The van der Waals surface area contributed by atoms with E-state index in [9.17, 15) is 0 Å². The molecular weight excluding hydrogens is 268 g/mol. The molecule has 96 valence electrons. The Morgan fingerprint density at radius 1 is 1.28 bits per heavy atom. The molecule has 0 saturated carbocycles. The van der Waals surface area contributed by atoms with Gasteiger partial charge in [0.15, 0.2) is 0 Å². The Balaban J connectivity index is 1.88. The maximum absolute atomic E-state index is 5.90. The number of unbranched alkanes of at least 4 members (excludes halogenated alkanes) is 1. The third-order valence-electron chi connectivity index (χ3n) is 2.63. The second-order valence-corrected chi connectivity index (χ2v) is 5.39. The summed E-state index contributed by atoms with van der Waals surface area (Å²) in [6, 6.07) is 8.18. The molecule has 2 rings (SSSR count). The Morgan fingerprint density at radius 3 is 2.67 bits per heavy atom. The lowest BCUT2D eigenvalue weighted by Crippen LogP contribution is -1.96. The van der Waals surface area contributed by atoms with Gasteiger partial charge in [-0.3, -0.25) is 0 Å². The van der Waals surface area contributed by atoms with E-state index in [2.05, 4.69) is 28.6 Å². The van der Waals surface area contributed by atoms with Gasteiger partial charge in [0.2, 0.25) is 0 Å². The van der Waals surface area contributed by atoms with Crippen LogP contribution in [0.5, 0.6) is 5.75 Å². The number of aromatic nitrogens is 2. The zero-order valence-electron chi connectivity index (χ0n) is 10.2. The molecule has 0 radical (unpaired) electrons. The van der Waals surface area contributed by atoms with E-state index in [1.165, 1.54) is 29.9 Å². The molecule has 0 saturated heterocycles. The zero-order chi connectivity index (χ0) is 12.8. The van der Waals surface area contributed by atoms with Gasteiger partial charge in [0.1, 0.15) is 22.4 Å². The monoisotopic (exact) mass is 282 g/mol. The second kappa shape index (κ2) is 6.71. The number of benzene rings is 1. The molecule has 5 heteroatoms. The van der Waals surface area contributed by atoms with Crippen LogP contribution >= 0.6 is 23.1 Å². The Bertz CT molecular complexity index is 484. The molecule has 3 nitrogen and oxygen atoms in total. The third-order valence-corrected chi connectivity index (χ3v) is 3.61. The van der Waals surface area contributed by atoms with Crippen molar-refractivity contribution in [2.45, 2.75) is 32.8 Å². The number of hydrogen-bond acceptors (Lipinski definition) is 4. The smallest absolute Gasteiger partial charge is 0.141 e. The molecule has 0 fully saturated rings. The first-order valence-electron chi connectivity index (χ1n) is 5.98. The van der Waals surface area contributed by atoms with Crippen molar-refractivity contribution in [1.29, 1.82) is 0 Å². The summed E-state index contributed by atoms with van der Waals surface area (Å²) in [6.07, 6.45) is 3.56. The maximum Gasteiger partial charge on any atom is 0.141 e. The first kappa shape index (κ1) is 13.3. The summed E-state index contributed by atoms with van der Waals surface area (Å²) in [5, 5.41) is 3.90. The van der Waals surface area contributed by atoms with Gasteiger partial charge in [-0.2, -0.15) is 0 Å². The number of rotatable bonds is 6. The molecule has 0 amide bonds. The molecule has 0 bridgehead atoms. The quantitative estimate of drug-likeness (QED) is 0.800. The van der Waals surface area contributed by atoms with Gasteiger partial charge >= 0.3 is 0 Å². The minimum Gasteiger partial charge on any atom is -0.487 e. The van der Waals surface area contributed by atoms with Crippen molar-refractivity contribution < 1.29 is 4.74 Å². The van der Waals surface area contributed by atoms with Crippen LogP contribution in [0, 0.1) is 0 Å². The van der Waals surface area contributed by atoms with Gasteiger partial charge in [-0.15, -0.1) is 5.10 Å². The summed E-state index contributed by atoms with van der Waals surface area (Å²) >= 11 is 7.08. The molecule has 0 atom stereocenters. The fraction of sp³-hybridized carbons (Fsp3) is 0.385. The zero-order valence-corrected chi connectivity index (χ0v) is 11.8. The van der Waals surface area contributed by atoms with Gasteiger partial charge in [0.25, 0.3) is 0 Å². The summed E-state index contributed by atoms with van der Waals surface area (Å²) in [6.45, 7) is 2.56. The number of aryl methyl sites for hydroxylation is 1. The topological polar surface area (TPSA) is 35.0 Å². The van der Waals surface area contributed by atoms with Crippen LogP contribution in [0.25, 0.3) is 0 Å². The Morgan fingerprint density at radius 2 is 2.06 bits per heavy atom. The van der Waals surface area contributed by atoms with Crippen LogP contribution in [-0.2, 0) is 13.0 Å². The van der Waals surface area contributed by atoms with Gasteiger partial charge in [-0.25, -0.2) is 0 Å². The summed E-state index contributed by atoms with van der Waals surface area (Å²) < 4.78 is 9.96. The molecule has 1 aromatic heterocycles. The molecule has 1 heterocycles. The van der Waals surface area contributed by atoms with E-state index < -0.39 is 0 Å². The average molecular weight is 283 g/mol. The highest BCUT2D eigenvalue weighted by molar-refractivity contribution is 7.10.